The van der Waals surface area contributed by atoms with E-state index in [0.717, 1.165) is 16.7 Å². The number of nitrogen functional groups attached to an aromatic ring is 1. The molecule has 1 aromatic carbocycles. The molecule has 0 saturated carbocycles. The molecule has 2 aromatic rings. The molecule has 3 nitrogen and oxygen atoms in total. The van der Waals surface area contributed by atoms with Crippen LogP contribution in [0.1, 0.15) is 25.5 Å². The van der Waals surface area contributed by atoms with Crippen molar-refractivity contribution in [2.45, 2.75) is 26.8 Å². The van der Waals surface area contributed by atoms with Gasteiger partial charge in [0.1, 0.15) is 5.82 Å². The predicted octanol–water partition coefficient (Wildman–Crippen LogP) is 2.51. The van der Waals surface area contributed by atoms with Gasteiger partial charge in [-0.15, -0.1) is 0 Å². The lowest BCUT2D eigenvalue weighted by atomic mass is 10.2. The third-order valence-corrected chi connectivity index (χ3v) is 2.38. The Morgan fingerprint density at radius 1 is 1.36 bits per heavy atom. The van der Waals surface area contributed by atoms with E-state index in [1.807, 2.05) is 10.7 Å². The summed E-state index contributed by atoms with van der Waals surface area (Å²) in [5, 5.41) is 5.50. The van der Waals surface area contributed by atoms with E-state index >= 15 is 0 Å². The fourth-order valence-corrected chi connectivity index (χ4v) is 1.63. The van der Waals surface area contributed by atoms with Gasteiger partial charge in [0.05, 0.1) is 5.52 Å². The molecule has 2 N–H and O–H groups in total. The molecule has 2 rings (SSSR count). The van der Waals surface area contributed by atoms with Crippen molar-refractivity contribution in [3.63, 3.8) is 0 Å². The van der Waals surface area contributed by atoms with Crippen LogP contribution in [0.5, 0.6) is 0 Å². The average molecular weight is 189 g/mol. The minimum absolute atomic E-state index is 0.308. The van der Waals surface area contributed by atoms with Crippen LogP contribution >= 0.6 is 0 Å². The van der Waals surface area contributed by atoms with E-state index in [1.54, 1.807) is 0 Å². The summed E-state index contributed by atoms with van der Waals surface area (Å²) in [5.74, 6) is 0.763. The highest BCUT2D eigenvalue weighted by Gasteiger charge is 2.09. The van der Waals surface area contributed by atoms with Crippen LogP contribution in [0.25, 0.3) is 10.9 Å². The first-order valence-corrected chi connectivity index (χ1v) is 4.84. The molecule has 0 atom stereocenters. The van der Waals surface area contributed by atoms with Crippen LogP contribution in [-0.2, 0) is 0 Å². The van der Waals surface area contributed by atoms with Crippen molar-refractivity contribution in [2.75, 3.05) is 5.73 Å². The summed E-state index contributed by atoms with van der Waals surface area (Å²) in [5.41, 5.74) is 8.20. The van der Waals surface area contributed by atoms with Crippen molar-refractivity contribution in [1.82, 2.24) is 9.78 Å². The number of aryl methyl sites for hydroxylation is 1. The molecule has 3 heteroatoms. The average Bonchev–Trinajstić information content (AvgIpc) is 2.44. The summed E-state index contributed by atoms with van der Waals surface area (Å²) >= 11 is 0. The lowest BCUT2D eigenvalue weighted by Crippen LogP contribution is -2.06. The summed E-state index contributed by atoms with van der Waals surface area (Å²) in [6.07, 6.45) is 0. The Hall–Kier alpha value is -1.51. The molecule has 0 aliphatic carbocycles. The van der Waals surface area contributed by atoms with E-state index in [4.69, 9.17) is 5.73 Å². The van der Waals surface area contributed by atoms with Crippen LogP contribution in [0.4, 0.5) is 5.82 Å². The van der Waals surface area contributed by atoms with E-state index in [0.29, 0.717) is 6.04 Å². The normalized spacial score (nSPS) is 11.4. The predicted molar refractivity (Wildman–Crippen MR) is 59.3 cm³/mol. The van der Waals surface area contributed by atoms with Gasteiger partial charge >= 0.3 is 0 Å². The van der Waals surface area contributed by atoms with Gasteiger partial charge in [0, 0.05) is 11.4 Å². The number of fused-ring (bicyclic) bond motifs is 1. The first-order chi connectivity index (χ1) is 6.59. The first-order valence-electron chi connectivity index (χ1n) is 4.84. The zero-order valence-electron chi connectivity index (χ0n) is 8.78. The topological polar surface area (TPSA) is 43.8 Å². The molecule has 0 fully saturated rings. The van der Waals surface area contributed by atoms with E-state index in [-0.39, 0.29) is 0 Å². The van der Waals surface area contributed by atoms with Crippen molar-refractivity contribution in [1.29, 1.82) is 0 Å². The number of nitrogens with zero attached hydrogens (tertiary/aromatic N) is 2. The maximum atomic E-state index is 6.01. The zero-order chi connectivity index (χ0) is 10.3. The van der Waals surface area contributed by atoms with Gasteiger partial charge in [0.2, 0.25) is 0 Å². The van der Waals surface area contributed by atoms with Gasteiger partial charge in [-0.1, -0.05) is 11.6 Å². The van der Waals surface area contributed by atoms with Crippen molar-refractivity contribution in [3.05, 3.63) is 23.8 Å². The van der Waals surface area contributed by atoms with Crippen LogP contribution < -0.4 is 5.73 Å². The number of nitrogens with two attached hydrogens (primary N) is 1. The largest absolute Gasteiger partial charge is 0.383 e. The molecule has 0 saturated heterocycles. The van der Waals surface area contributed by atoms with Crippen LogP contribution in [-0.4, -0.2) is 9.78 Å². The minimum atomic E-state index is 0.308. The Morgan fingerprint density at radius 3 is 2.71 bits per heavy atom. The summed E-state index contributed by atoms with van der Waals surface area (Å²) in [6.45, 7) is 6.22. The summed E-state index contributed by atoms with van der Waals surface area (Å²) in [6, 6.07) is 6.46. The molecule has 0 aliphatic heterocycles. The summed E-state index contributed by atoms with van der Waals surface area (Å²) in [7, 11) is 0. The Labute approximate surface area is 83.5 Å². The highest BCUT2D eigenvalue weighted by atomic mass is 15.3. The van der Waals surface area contributed by atoms with E-state index in [9.17, 15) is 0 Å². The second-order valence-corrected chi connectivity index (χ2v) is 3.94. The molecular weight excluding hydrogens is 174 g/mol. The second kappa shape index (κ2) is 3.01. The summed E-state index contributed by atoms with van der Waals surface area (Å²) < 4.78 is 1.87. The molecule has 14 heavy (non-hydrogen) atoms. The van der Waals surface area contributed by atoms with Crippen molar-refractivity contribution in [3.8, 4) is 0 Å². The number of rotatable bonds is 1. The lowest BCUT2D eigenvalue weighted by molar-refractivity contribution is 0.545. The fraction of sp³-hybridized carbons (Fsp3) is 0.364. The number of hydrogen-bond acceptors (Lipinski definition) is 2. The smallest absolute Gasteiger partial charge is 0.129 e. The van der Waals surface area contributed by atoms with Crippen LogP contribution in [0.2, 0.25) is 0 Å². The third kappa shape index (κ3) is 1.25. The van der Waals surface area contributed by atoms with Crippen LogP contribution in [0, 0.1) is 6.92 Å². The molecule has 74 valence electrons. The monoisotopic (exact) mass is 189 g/mol. The maximum absolute atomic E-state index is 6.01. The fourth-order valence-electron chi connectivity index (χ4n) is 1.63. The van der Waals surface area contributed by atoms with Gasteiger partial charge < -0.3 is 5.73 Å². The molecule has 1 heterocycles. The highest BCUT2D eigenvalue weighted by Crippen LogP contribution is 2.24. The van der Waals surface area contributed by atoms with Gasteiger partial charge in [0.15, 0.2) is 0 Å². The number of hydrogen-bond donors (Lipinski definition) is 1. The van der Waals surface area contributed by atoms with Crippen molar-refractivity contribution in [2.24, 2.45) is 0 Å². The Morgan fingerprint density at radius 2 is 2.07 bits per heavy atom. The Bertz CT molecular complexity index is 469. The quantitative estimate of drug-likeness (QED) is 0.749. The molecule has 1 aromatic heterocycles. The SMILES string of the molecule is Cc1ccc2nn(C(C)C)c(N)c2c1. The van der Waals surface area contributed by atoms with Gasteiger partial charge in [-0.2, -0.15) is 5.10 Å². The number of benzene rings is 1. The molecule has 0 unspecified atom stereocenters. The zero-order valence-corrected chi connectivity index (χ0v) is 8.78. The van der Waals surface area contributed by atoms with E-state index in [1.165, 1.54) is 5.56 Å². The Kier molecular flexibility index (Phi) is 1.95. The van der Waals surface area contributed by atoms with Crippen molar-refractivity contribution >= 4 is 16.7 Å². The number of aromatic nitrogens is 2. The molecular formula is C11H15N3. The van der Waals surface area contributed by atoms with Gasteiger partial charge in [-0.3, -0.25) is 0 Å². The summed E-state index contributed by atoms with van der Waals surface area (Å²) in [4.78, 5) is 0. The van der Waals surface area contributed by atoms with E-state index < -0.39 is 0 Å². The molecule has 0 bridgehead atoms. The molecule has 0 aliphatic rings. The minimum Gasteiger partial charge on any atom is -0.383 e. The standard InChI is InChI=1S/C11H15N3/c1-7(2)14-11(12)9-6-8(3)4-5-10(9)13-14/h4-7H,12H2,1-3H3. The van der Waals surface area contributed by atoms with Gasteiger partial charge in [-0.25, -0.2) is 4.68 Å². The third-order valence-electron chi connectivity index (χ3n) is 2.38. The van der Waals surface area contributed by atoms with Crippen LogP contribution in [0.3, 0.4) is 0 Å². The van der Waals surface area contributed by atoms with E-state index in [2.05, 4.69) is 38.0 Å². The maximum Gasteiger partial charge on any atom is 0.129 e. The van der Waals surface area contributed by atoms with Gasteiger partial charge in [0.25, 0.3) is 0 Å². The molecule has 0 amide bonds. The number of anilines is 1. The second-order valence-electron chi connectivity index (χ2n) is 3.94. The van der Waals surface area contributed by atoms with Crippen LogP contribution in [0.15, 0.2) is 18.2 Å². The van der Waals surface area contributed by atoms with Crippen molar-refractivity contribution < 1.29 is 0 Å². The van der Waals surface area contributed by atoms with Gasteiger partial charge in [-0.05, 0) is 32.9 Å². The first kappa shape index (κ1) is 9.06. The Balaban J connectivity index is 2.74. The lowest BCUT2D eigenvalue weighted by Gasteiger charge is -2.06. The molecule has 0 spiro atoms. The highest BCUT2D eigenvalue weighted by molar-refractivity contribution is 5.89. The molecule has 0 radical (unpaired) electrons.